The van der Waals surface area contributed by atoms with Crippen LogP contribution in [0.1, 0.15) is 18.7 Å². The molecule has 1 amide bonds. The molecule has 0 radical (unpaired) electrons. The van der Waals surface area contributed by atoms with Crippen LogP contribution in [-0.4, -0.2) is 25.9 Å². The number of rotatable bonds is 5. The van der Waals surface area contributed by atoms with E-state index in [0.29, 0.717) is 11.5 Å². The van der Waals surface area contributed by atoms with E-state index in [0.717, 1.165) is 0 Å². The third kappa shape index (κ3) is 3.75. The summed E-state index contributed by atoms with van der Waals surface area (Å²) in [7, 11) is 0. The highest BCUT2D eigenvalue weighted by molar-refractivity contribution is 5.76. The zero-order valence-corrected chi connectivity index (χ0v) is 10.4. The Hall–Kier alpha value is -2.48. The van der Waals surface area contributed by atoms with Gasteiger partial charge in [0.05, 0.1) is 11.9 Å². The molecule has 0 saturated heterocycles. The van der Waals surface area contributed by atoms with Crippen molar-refractivity contribution < 1.29 is 4.79 Å². The molecule has 4 N–H and O–H groups in total. The first-order chi connectivity index (χ1) is 9.15. The van der Waals surface area contributed by atoms with E-state index in [-0.39, 0.29) is 18.5 Å². The number of anilines is 1. The number of nitrogens with one attached hydrogen (secondary N) is 2. The highest BCUT2D eigenvalue weighted by atomic mass is 16.2. The van der Waals surface area contributed by atoms with E-state index < -0.39 is 0 Å². The molecule has 8 nitrogen and oxygen atoms in total. The summed E-state index contributed by atoms with van der Waals surface area (Å²) in [5, 5.41) is 7.68. The Kier molecular flexibility index (Phi) is 4.04. The van der Waals surface area contributed by atoms with Crippen molar-refractivity contribution in [3.63, 3.8) is 0 Å². The summed E-state index contributed by atoms with van der Waals surface area (Å²) in [6, 6.07) is 5.14. The van der Waals surface area contributed by atoms with Gasteiger partial charge in [0.25, 0.3) is 5.91 Å². The number of hydrogen-bond donors (Lipinski definition) is 3. The predicted molar refractivity (Wildman–Crippen MR) is 68.6 cm³/mol. The summed E-state index contributed by atoms with van der Waals surface area (Å²) in [5.41, 5.74) is 11.5. The van der Waals surface area contributed by atoms with E-state index in [1.165, 1.54) is 4.68 Å². The molecule has 1 atom stereocenters. The van der Waals surface area contributed by atoms with E-state index in [4.69, 9.17) is 5.73 Å². The van der Waals surface area contributed by atoms with Crippen LogP contribution in [0.25, 0.3) is 0 Å². The number of amides is 1. The average Bonchev–Trinajstić information content (AvgIpc) is 2.86. The van der Waals surface area contributed by atoms with Gasteiger partial charge in [-0.2, -0.15) is 0 Å². The number of aromatic nitrogens is 4. The lowest BCUT2D eigenvalue weighted by atomic mass is 10.3. The zero-order valence-electron chi connectivity index (χ0n) is 10.4. The van der Waals surface area contributed by atoms with Gasteiger partial charge >= 0.3 is 0 Å². The SMILES string of the molecule is CC(N)c1cn(CC(=O)NNc2ccccn2)nn1. The molecule has 8 heteroatoms. The summed E-state index contributed by atoms with van der Waals surface area (Å²) >= 11 is 0. The van der Waals surface area contributed by atoms with E-state index in [1.807, 2.05) is 6.07 Å². The molecule has 0 aliphatic heterocycles. The molecule has 0 aliphatic rings. The molecule has 2 aromatic rings. The molecule has 1 unspecified atom stereocenters. The second-order valence-electron chi connectivity index (χ2n) is 4.02. The molecular formula is C11H15N7O. The molecule has 0 saturated carbocycles. The number of nitrogens with zero attached hydrogens (tertiary/aromatic N) is 4. The van der Waals surface area contributed by atoms with Gasteiger partial charge in [-0.3, -0.25) is 15.6 Å². The smallest absolute Gasteiger partial charge is 0.260 e. The second kappa shape index (κ2) is 5.91. The van der Waals surface area contributed by atoms with Gasteiger partial charge in [-0.05, 0) is 19.1 Å². The van der Waals surface area contributed by atoms with Crippen molar-refractivity contribution in [3.8, 4) is 0 Å². The van der Waals surface area contributed by atoms with E-state index in [2.05, 4.69) is 26.1 Å². The van der Waals surface area contributed by atoms with Crippen LogP contribution in [0.2, 0.25) is 0 Å². The van der Waals surface area contributed by atoms with Crippen molar-refractivity contribution in [1.29, 1.82) is 0 Å². The Labute approximate surface area is 110 Å². The van der Waals surface area contributed by atoms with E-state index >= 15 is 0 Å². The number of pyridine rings is 1. The number of carbonyl (C=O) groups is 1. The fourth-order valence-corrected chi connectivity index (χ4v) is 1.36. The molecule has 0 aliphatic carbocycles. The average molecular weight is 261 g/mol. The summed E-state index contributed by atoms with van der Waals surface area (Å²) < 4.78 is 1.42. The van der Waals surface area contributed by atoms with Crippen LogP contribution in [0, 0.1) is 0 Å². The molecule has 0 aromatic carbocycles. The number of nitrogens with two attached hydrogens (primary N) is 1. The first-order valence-corrected chi connectivity index (χ1v) is 5.76. The van der Waals surface area contributed by atoms with Gasteiger partial charge < -0.3 is 5.73 Å². The molecular weight excluding hydrogens is 246 g/mol. The lowest BCUT2D eigenvalue weighted by Crippen LogP contribution is -2.33. The first-order valence-electron chi connectivity index (χ1n) is 5.76. The summed E-state index contributed by atoms with van der Waals surface area (Å²) in [5.74, 6) is 0.303. The normalized spacial score (nSPS) is 11.9. The molecule has 19 heavy (non-hydrogen) atoms. The van der Waals surface area contributed by atoms with Crippen LogP contribution in [0.4, 0.5) is 5.82 Å². The predicted octanol–water partition coefficient (Wildman–Crippen LogP) is -0.164. The fraction of sp³-hybridized carbons (Fsp3) is 0.273. The topological polar surface area (TPSA) is 111 Å². The Morgan fingerprint density at radius 1 is 1.53 bits per heavy atom. The molecule has 0 fully saturated rings. The highest BCUT2D eigenvalue weighted by Gasteiger charge is 2.08. The van der Waals surface area contributed by atoms with Gasteiger partial charge in [-0.15, -0.1) is 5.10 Å². The minimum absolute atomic E-state index is 0.0551. The molecule has 100 valence electrons. The van der Waals surface area contributed by atoms with Crippen LogP contribution in [0.3, 0.4) is 0 Å². The molecule has 0 bridgehead atoms. The molecule has 2 rings (SSSR count). The van der Waals surface area contributed by atoms with Gasteiger partial charge in [-0.1, -0.05) is 11.3 Å². The van der Waals surface area contributed by atoms with Crippen molar-refractivity contribution in [2.75, 3.05) is 5.43 Å². The van der Waals surface area contributed by atoms with Crippen molar-refractivity contribution in [1.82, 2.24) is 25.4 Å². The van der Waals surface area contributed by atoms with E-state index in [9.17, 15) is 4.79 Å². The second-order valence-corrected chi connectivity index (χ2v) is 4.02. The van der Waals surface area contributed by atoms with Crippen molar-refractivity contribution >= 4 is 11.7 Å². The third-order valence-corrected chi connectivity index (χ3v) is 2.32. The van der Waals surface area contributed by atoms with Gasteiger partial charge in [0, 0.05) is 12.2 Å². The Balaban J connectivity index is 1.84. The van der Waals surface area contributed by atoms with Crippen LogP contribution in [0.15, 0.2) is 30.6 Å². The van der Waals surface area contributed by atoms with E-state index in [1.54, 1.807) is 31.5 Å². The maximum atomic E-state index is 11.6. The minimum atomic E-state index is -0.258. The fourth-order valence-electron chi connectivity index (χ4n) is 1.36. The molecule has 0 spiro atoms. The number of carbonyl (C=O) groups excluding carboxylic acids is 1. The summed E-state index contributed by atoms with van der Waals surface area (Å²) in [4.78, 5) is 15.7. The Morgan fingerprint density at radius 3 is 3.00 bits per heavy atom. The van der Waals surface area contributed by atoms with Crippen LogP contribution in [-0.2, 0) is 11.3 Å². The van der Waals surface area contributed by atoms with Crippen LogP contribution < -0.4 is 16.6 Å². The minimum Gasteiger partial charge on any atom is -0.323 e. The molecule has 2 aromatic heterocycles. The monoisotopic (exact) mass is 261 g/mol. The van der Waals surface area contributed by atoms with Crippen LogP contribution >= 0.6 is 0 Å². The quantitative estimate of drug-likeness (QED) is 0.645. The lowest BCUT2D eigenvalue weighted by molar-refractivity contribution is -0.121. The van der Waals surface area contributed by atoms with Gasteiger partial charge in [0.1, 0.15) is 12.4 Å². The Morgan fingerprint density at radius 2 is 2.37 bits per heavy atom. The summed E-state index contributed by atoms with van der Waals surface area (Å²) in [6.07, 6.45) is 3.27. The largest absolute Gasteiger partial charge is 0.323 e. The van der Waals surface area contributed by atoms with Gasteiger partial charge in [0.2, 0.25) is 0 Å². The highest BCUT2D eigenvalue weighted by Crippen LogP contribution is 2.03. The lowest BCUT2D eigenvalue weighted by Gasteiger charge is -2.06. The van der Waals surface area contributed by atoms with Crippen molar-refractivity contribution in [2.24, 2.45) is 5.73 Å². The number of hydrazine groups is 1. The Bertz CT molecular complexity index is 537. The first kappa shape index (κ1) is 13.0. The van der Waals surface area contributed by atoms with Crippen LogP contribution in [0.5, 0.6) is 0 Å². The van der Waals surface area contributed by atoms with Gasteiger partial charge in [0.15, 0.2) is 0 Å². The zero-order chi connectivity index (χ0) is 13.7. The standard InChI is InChI=1S/C11H15N7O/c1-8(12)9-6-18(17-14-9)7-11(19)16-15-10-4-2-3-5-13-10/h2-6,8H,7,12H2,1H3,(H,13,15)(H,16,19). The third-order valence-electron chi connectivity index (χ3n) is 2.32. The maximum absolute atomic E-state index is 11.6. The van der Waals surface area contributed by atoms with Gasteiger partial charge in [-0.25, -0.2) is 9.67 Å². The van der Waals surface area contributed by atoms with Crippen molar-refractivity contribution in [3.05, 3.63) is 36.3 Å². The number of hydrogen-bond acceptors (Lipinski definition) is 6. The van der Waals surface area contributed by atoms with Crippen molar-refractivity contribution in [2.45, 2.75) is 19.5 Å². The maximum Gasteiger partial charge on any atom is 0.260 e. The molecule has 2 heterocycles. The summed E-state index contributed by atoms with van der Waals surface area (Å²) in [6.45, 7) is 1.86.